The molecule has 0 amide bonds. The van der Waals surface area contributed by atoms with Crippen LogP contribution in [0.4, 0.5) is 4.39 Å². The zero-order valence-corrected chi connectivity index (χ0v) is 49.1. The number of furan rings is 1. The van der Waals surface area contributed by atoms with Gasteiger partial charge in [-0.05, 0) is 83.9 Å². The minimum atomic E-state index is -2.54. The molecule has 1 radical (unpaired) electrons. The van der Waals surface area contributed by atoms with Crippen molar-refractivity contribution in [2.75, 3.05) is 0 Å². The van der Waals surface area contributed by atoms with Crippen LogP contribution in [-0.4, -0.2) is 37.8 Å². The van der Waals surface area contributed by atoms with Crippen LogP contribution < -0.4 is 4.40 Å². The van der Waals surface area contributed by atoms with Crippen LogP contribution in [0.1, 0.15) is 163 Å². The van der Waals surface area contributed by atoms with Gasteiger partial charge in [-0.15, -0.1) is 18.2 Å². The predicted molar refractivity (Wildman–Crippen MR) is 298 cm³/mol. The van der Waals surface area contributed by atoms with E-state index in [2.05, 4.69) is 156 Å². The molecule has 5 heterocycles. The van der Waals surface area contributed by atoms with Gasteiger partial charge in [0.25, 0.3) is 0 Å². The summed E-state index contributed by atoms with van der Waals surface area (Å²) < 4.78 is 55.9. The minimum Gasteiger partial charge on any atom is 0 e. The normalized spacial score (nSPS) is 15.2. The van der Waals surface area contributed by atoms with E-state index in [0.717, 1.165) is 71.0 Å². The Bertz CT molecular complexity index is 3600. The van der Waals surface area contributed by atoms with Crippen molar-refractivity contribution in [3.8, 4) is 28.3 Å². The molecule has 1 aliphatic carbocycles. The molecule has 0 saturated heterocycles. The third kappa shape index (κ3) is 10.1. The number of benzene rings is 4. The van der Waals surface area contributed by atoms with Crippen LogP contribution in [0.25, 0.3) is 72.3 Å². The Kier molecular flexibility index (Phi) is 13.8. The molecule has 1 atom stereocenters. The summed E-state index contributed by atoms with van der Waals surface area (Å²) in [6.07, 6.45) is 6.95. The monoisotopic (exact) mass is 1200 g/mol. The fraction of sp³-hybridized carbons (Fsp3) is 0.397. The van der Waals surface area contributed by atoms with Gasteiger partial charge in [-0.1, -0.05) is 103 Å². The standard InChI is InChI=1S/C45H49N4O.C18H23FGeN.Ir/c1-25(2)35-23-31(45(7,8)9)24-36(26(3)4)40(35)49-41-38(21-19-30-18-17-27(5)46-39(30)41)47-43(49)34-16-12-15-32-33-20-22-37(48-44(33)50-42(32)34)28(6)29-13-10-11-14-29;1-12(2)15-10-17(21-11-16(15)20(4,5)6)14-9-7-8-13(3)18(14)19;/h12,15,17-26,28-29H,10-11,13-14H2,1-9H3;7-8,10-12H,1-6H3;/q2*-1;/i;3D3,12D;. The van der Waals surface area contributed by atoms with Gasteiger partial charge in [0.15, 0.2) is 0 Å². The molecule has 9 heteroatoms. The Balaban J connectivity index is 0.000000249. The molecule has 1 aliphatic rings. The molecule has 5 aromatic heterocycles. The Labute approximate surface area is 449 Å². The molecule has 10 rings (SSSR count). The molecule has 0 aliphatic heterocycles. The van der Waals surface area contributed by atoms with Crippen LogP contribution in [0.15, 0.2) is 89.5 Å². The molecular formula is C63H72FGeIrN5O-2. The Morgan fingerprint density at radius 2 is 1.47 bits per heavy atom. The maximum Gasteiger partial charge on any atom is 0 e. The number of hydrogen-bond acceptors (Lipinski definition) is 5. The van der Waals surface area contributed by atoms with Gasteiger partial charge in [-0.2, -0.15) is 0 Å². The van der Waals surface area contributed by atoms with Crippen molar-refractivity contribution in [1.82, 2.24) is 24.5 Å². The number of halogens is 1. The maximum absolute atomic E-state index is 14.8. The topological polar surface area (TPSA) is 69.6 Å². The Morgan fingerprint density at radius 3 is 2.11 bits per heavy atom. The van der Waals surface area contributed by atoms with Crippen molar-refractivity contribution < 1.29 is 34.4 Å². The van der Waals surface area contributed by atoms with Crippen molar-refractivity contribution in [3.05, 3.63) is 142 Å². The summed E-state index contributed by atoms with van der Waals surface area (Å²) in [5.41, 5.74) is 13.2. The van der Waals surface area contributed by atoms with Gasteiger partial charge in [0.2, 0.25) is 5.71 Å². The van der Waals surface area contributed by atoms with E-state index < -0.39 is 31.8 Å². The molecule has 6 nitrogen and oxygen atoms in total. The number of rotatable bonds is 9. The van der Waals surface area contributed by atoms with E-state index in [1.54, 1.807) is 26.1 Å². The van der Waals surface area contributed by atoms with Crippen molar-refractivity contribution in [2.45, 2.75) is 155 Å². The van der Waals surface area contributed by atoms with Crippen molar-refractivity contribution in [3.63, 3.8) is 0 Å². The number of nitrogens with zero attached hydrogens (tertiary/aromatic N) is 5. The number of aryl methyl sites for hydroxylation is 2. The van der Waals surface area contributed by atoms with Crippen LogP contribution in [-0.2, 0) is 25.5 Å². The third-order valence-electron chi connectivity index (χ3n) is 14.7. The molecule has 9 aromatic rings. The van der Waals surface area contributed by atoms with E-state index in [9.17, 15) is 4.39 Å². The molecule has 4 aromatic carbocycles. The summed E-state index contributed by atoms with van der Waals surface area (Å²) in [5, 5.41) is 3.16. The van der Waals surface area contributed by atoms with Gasteiger partial charge in [-0.3, -0.25) is 9.97 Å². The van der Waals surface area contributed by atoms with Gasteiger partial charge in [0.05, 0.1) is 28.0 Å². The zero-order valence-electron chi connectivity index (χ0n) is 48.6. The van der Waals surface area contributed by atoms with Gasteiger partial charge < -0.3 is 8.98 Å². The number of fused-ring (bicyclic) bond motifs is 6. The van der Waals surface area contributed by atoms with Crippen LogP contribution >= 0.6 is 0 Å². The molecule has 0 N–H and O–H groups in total. The quantitative estimate of drug-likeness (QED) is 0.106. The summed E-state index contributed by atoms with van der Waals surface area (Å²) in [7, 11) is 0. The third-order valence-corrected chi connectivity index (χ3v) is 18.9. The van der Waals surface area contributed by atoms with Crippen LogP contribution in [0.5, 0.6) is 0 Å². The van der Waals surface area contributed by atoms with E-state index in [0.29, 0.717) is 23.2 Å². The molecule has 72 heavy (non-hydrogen) atoms. The number of pyridine rings is 3. The first-order valence-electron chi connectivity index (χ1n) is 27.6. The second-order valence-electron chi connectivity index (χ2n) is 22.9. The summed E-state index contributed by atoms with van der Waals surface area (Å²) >= 11 is -2.28. The zero-order chi connectivity index (χ0) is 54.3. The predicted octanol–water partition coefficient (Wildman–Crippen LogP) is 17.1. The molecule has 0 spiro atoms. The largest absolute Gasteiger partial charge is 0 e. The summed E-state index contributed by atoms with van der Waals surface area (Å²) in [6.45, 7) is 21.6. The molecule has 0 bridgehead atoms. The second-order valence-corrected chi connectivity index (χ2v) is 33.4. The fourth-order valence-electron chi connectivity index (χ4n) is 10.5. The molecular weight excluding hydrogens is 1130 g/mol. The average molecular weight is 1200 g/mol. The van der Waals surface area contributed by atoms with Gasteiger partial charge in [0.1, 0.15) is 0 Å². The SMILES string of the molecule is Cc1ccc2ccc3nc(-c4[c-]ccc5c4oc4nc(C(C)C6CCCC6)ccc45)n(-c4c(C(C)C)cc(C(C)(C)C)cc4C(C)C)c3c2n1.[2H]C([2H])([2H])c1cc[c-]c(-c2cc(C([2H])(C)C)[c]([Ge]([CH3])([CH3])[CH3])cn2)c1F.[Ir]. The van der Waals surface area contributed by atoms with Crippen LogP contribution in [0.2, 0.25) is 17.3 Å². The van der Waals surface area contributed by atoms with Crippen molar-refractivity contribution >= 4 is 61.7 Å². The fourth-order valence-corrected chi connectivity index (χ4v) is 13.8. The Hall–Kier alpha value is -5.02. The van der Waals surface area contributed by atoms with Gasteiger partial charge >= 0.3 is 135 Å². The van der Waals surface area contributed by atoms with Crippen molar-refractivity contribution in [1.29, 1.82) is 0 Å². The van der Waals surface area contributed by atoms with E-state index in [1.165, 1.54) is 60.2 Å². The van der Waals surface area contributed by atoms with E-state index >= 15 is 0 Å². The van der Waals surface area contributed by atoms with Crippen molar-refractivity contribution in [2.24, 2.45) is 5.92 Å². The first-order chi connectivity index (χ1) is 35.1. The van der Waals surface area contributed by atoms with Crippen LogP contribution in [0.3, 0.4) is 0 Å². The summed E-state index contributed by atoms with van der Waals surface area (Å²) in [4.78, 5) is 20.1. The van der Waals surface area contributed by atoms with Crippen LogP contribution in [0, 0.1) is 37.6 Å². The average Bonchev–Trinajstić information content (AvgIpc) is 4.10. The van der Waals surface area contributed by atoms with Gasteiger partial charge in [0, 0.05) is 53.9 Å². The summed E-state index contributed by atoms with van der Waals surface area (Å²) in [5.74, 6) is 7.43. The smallest absolute Gasteiger partial charge is 0 e. The molecule has 1 fully saturated rings. The number of aromatic nitrogens is 5. The van der Waals surface area contributed by atoms with E-state index in [-0.39, 0.29) is 48.5 Å². The molecule has 1 saturated carbocycles. The van der Waals surface area contributed by atoms with E-state index in [1.807, 2.05) is 6.07 Å². The Morgan fingerprint density at radius 1 is 0.806 bits per heavy atom. The minimum absolute atomic E-state index is 0. The summed E-state index contributed by atoms with van der Waals surface area (Å²) in [6, 6.07) is 32.7. The first kappa shape index (κ1) is 48.0. The second kappa shape index (κ2) is 20.7. The molecule has 377 valence electrons. The molecule has 1 unspecified atom stereocenters. The van der Waals surface area contributed by atoms with Gasteiger partial charge in [-0.25, -0.2) is 4.98 Å². The first-order valence-corrected chi connectivity index (χ1v) is 32.9. The number of imidazole rings is 1. The maximum atomic E-state index is 14.8. The number of hydrogen-bond donors (Lipinski definition) is 0. The van der Waals surface area contributed by atoms with E-state index in [4.69, 9.17) is 24.9 Å².